The van der Waals surface area contributed by atoms with E-state index in [4.69, 9.17) is 0 Å². The topological polar surface area (TPSA) is 15.3 Å². The Morgan fingerprint density at radius 3 is 2.63 bits per heavy atom. The Hall–Kier alpha value is -0.930. The van der Waals surface area contributed by atoms with Crippen LogP contribution in [0.4, 0.5) is 4.39 Å². The lowest BCUT2D eigenvalue weighted by Crippen LogP contribution is -2.61. The lowest BCUT2D eigenvalue weighted by molar-refractivity contribution is 0.0563. The third kappa shape index (κ3) is 3.77. The predicted molar refractivity (Wildman–Crippen MR) is 77.6 cm³/mol. The standard InChI is InChI=1S/C16H25FN2/c1-4-5-15-11-19(16(2,3)12-18-15)10-13-6-8-14(17)9-7-13/h6-9,15,18H,4-5,10-12H2,1-3H3. The van der Waals surface area contributed by atoms with Crippen molar-refractivity contribution in [2.45, 2.75) is 51.7 Å². The van der Waals surface area contributed by atoms with Crippen LogP contribution in [0.1, 0.15) is 39.2 Å². The zero-order chi connectivity index (χ0) is 13.9. The van der Waals surface area contributed by atoms with Crippen molar-refractivity contribution >= 4 is 0 Å². The van der Waals surface area contributed by atoms with Gasteiger partial charge in [0.05, 0.1) is 0 Å². The van der Waals surface area contributed by atoms with Crippen LogP contribution in [-0.4, -0.2) is 29.6 Å². The molecule has 1 N–H and O–H groups in total. The molecule has 1 aliphatic rings. The molecule has 106 valence electrons. The van der Waals surface area contributed by atoms with Crippen molar-refractivity contribution in [1.29, 1.82) is 0 Å². The highest BCUT2D eigenvalue weighted by atomic mass is 19.1. The predicted octanol–water partition coefficient (Wildman–Crippen LogP) is 3.18. The number of nitrogens with zero attached hydrogens (tertiary/aromatic N) is 1. The van der Waals surface area contributed by atoms with Gasteiger partial charge in [-0.2, -0.15) is 0 Å². The summed E-state index contributed by atoms with van der Waals surface area (Å²) in [4.78, 5) is 2.51. The minimum atomic E-state index is -0.160. The van der Waals surface area contributed by atoms with Gasteiger partial charge in [0.15, 0.2) is 0 Å². The molecule has 19 heavy (non-hydrogen) atoms. The molecular weight excluding hydrogens is 239 g/mol. The molecule has 0 radical (unpaired) electrons. The lowest BCUT2D eigenvalue weighted by Gasteiger charge is -2.46. The Morgan fingerprint density at radius 2 is 2.00 bits per heavy atom. The smallest absolute Gasteiger partial charge is 0.123 e. The van der Waals surface area contributed by atoms with Gasteiger partial charge in [-0.3, -0.25) is 4.90 Å². The maximum absolute atomic E-state index is 13.0. The van der Waals surface area contributed by atoms with Gasteiger partial charge >= 0.3 is 0 Å². The van der Waals surface area contributed by atoms with Crippen LogP contribution < -0.4 is 5.32 Å². The molecule has 1 aromatic carbocycles. The van der Waals surface area contributed by atoms with Gasteiger partial charge in [0.25, 0.3) is 0 Å². The van der Waals surface area contributed by atoms with Gasteiger partial charge < -0.3 is 5.32 Å². The maximum atomic E-state index is 13.0. The van der Waals surface area contributed by atoms with Crippen molar-refractivity contribution in [2.75, 3.05) is 13.1 Å². The van der Waals surface area contributed by atoms with Gasteiger partial charge in [-0.1, -0.05) is 25.5 Å². The molecule has 1 fully saturated rings. The summed E-state index contributed by atoms with van der Waals surface area (Å²) in [5, 5.41) is 3.63. The Kier molecular flexibility index (Phi) is 4.58. The third-order valence-electron chi connectivity index (χ3n) is 4.04. The van der Waals surface area contributed by atoms with E-state index in [-0.39, 0.29) is 11.4 Å². The molecule has 1 aromatic rings. The van der Waals surface area contributed by atoms with Crippen molar-refractivity contribution in [3.63, 3.8) is 0 Å². The van der Waals surface area contributed by atoms with Crippen molar-refractivity contribution in [3.8, 4) is 0 Å². The van der Waals surface area contributed by atoms with E-state index in [1.807, 2.05) is 12.1 Å². The first-order valence-electron chi connectivity index (χ1n) is 7.24. The van der Waals surface area contributed by atoms with Gasteiger partial charge in [0.2, 0.25) is 0 Å². The van der Waals surface area contributed by atoms with E-state index < -0.39 is 0 Å². The van der Waals surface area contributed by atoms with Crippen LogP contribution >= 0.6 is 0 Å². The number of hydrogen-bond acceptors (Lipinski definition) is 2. The fourth-order valence-electron chi connectivity index (χ4n) is 2.71. The summed E-state index contributed by atoms with van der Waals surface area (Å²) in [5.74, 6) is -0.160. The van der Waals surface area contributed by atoms with Gasteiger partial charge in [-0.25, -0.2) is 4.39 Å². The fourth-order valence-corrected chi connectivity index (χ4v) is 2.71. The molecule has 1 unspecified atom stereocenters. The van der Waals surface area contributed by atoms with Crippen LogP contribution in [0, 0.1) is 5.82 Å². The zero-order valence-electron chi connectivity index (χ0n) is 12.2. The largest absolute Gasteiger partial charge is 0.311 e. The van der Waals surface area contributed by atoms with E-state index in [1.54, 1.807) is 12.1 Å². The highest BCUT2D eigenvalue weighted by molar-refractivity contribution is 5.16. The second-order valence-electron chi connectivity index (χ2n) is 6.19. The van der Waals surface area contributed by atoms with Crippen LogP contribution in [0.15, 0.2) is 24.3 Å². The number of halogens is 1. The Balaban J connectivity index is 2.04. The van der Waals surface area contributed by atoms with E-state index in [2.05, 4.69) is 31.0 Å². The maximum Gasteiger partial charge on any atom is 0.123 e. The van der Waals surface area contributed by atoms with Crippen molar-refractivity contribution in [3.05, 3.63) is 35.6 Å². The second kappa shape index (κ2) is 6.02. The summed E-state index contributed by atoms with van der Waals surface area (Å²) in [7, 11) is 0. The fraction of sp³-hybridized carbons (Fsp3) is 0.625. The van der Waals surface area contributed by atoms with E-state index >= 15 is 0 Å². The number of nitrogens with one attached hydrogen (secondary N) is 1. The minimum absolute atomic E-state index is 0.151. The average Bonchev–Trinajstić information content (AvgIpc) is 2.37. The molecule has 0 spiro atoms. The lowest BCUT2D eigenvalue weighted by atomic mass is 9.95. The minimum Gasteiger partial charge on any atom is -0.311 e. The van der Waals surface area contributed by atoms with Crippen LogP contribution in [0.2, 0.25) is 0 Å². The molecule has 2 rings (SSSR count). The molecule has 1 atom stereocenters. The third-order valence-corrected chi connectivity index (χ3v) is 4.04. The molecular formula is C16H25FN2. The first-order valence-corrected chi connectivity index (χ1v) is 7.24. The SMILES string of the molecule is CCCC1CN(Cc2ccc(F)cc2)C(C)(C)CN1. The summed E-state index contributed by atoms with van der Waals surface area (Å²) >= 11 is 0. The number of hydrogen-bond donors (Lipinski definition) is 1. The molecule has 0 aliphatic carbocycles. The van der Waals surface area contributed by atoms with Gasteiger partial charge in [0.1, 0.15) is 5.82 Å². The van der Waals surface area contributed by atoms with Gasteiger partial charge in [-0.05, 0) is 38.0 Å². The second-order valence-corrected chi connectivity index (χ2v) is 6.19. The van der Waals surface area contributed by atoms with E-state index in [1.165, 1.54) is 18.4 Å². The van der Waals surface area contributed by atoms with Crippen molar-refractivity contribution in [1.82, 2.24) is 10.2 Å². The van der Waals surface area contributed by atoms with Crippen LogP contribution in [-0.2, 0) is 6.54 Å². The van der Waals surface area contributed by atoms with E-state index in [0.717, 1.165) is 19.6 Å². The van der Waals surface area contributed by atoms with E-state index in [9.17, 15) is 4.39 Å². The molecule has 0 bridgehead atoms. The monoisotopic (exact) mass is 264 g/mol. The summed E-state index contributed by atoms with van der Waals surface area (Å²) < 4.78 is 13.0. The molecule has 3 heteroatoms. The summed E-state index contributed by atoms with van der Waals surface area (Å²) in [5.41, 5.74) is 1.34. The van der Waals surface area contributed by atoms with Crippen molar-refractivity contribution in [2.24, 2.45) is 0 Å². The Labute approximate surface area is 116 Å². The normalized spacial score (nSPS) is 23.5. The molecule has 1 heterocycles. The van der Waals surface area contributed by atoms with Gasteiger partial charge in [-0.15, -0.1) is 0 Å². The quantitative estimate of drug-likeness (QED) is 0.898. The summed E-state index contributed by atoms with van der Waals surface area (Å²) in [6.07, 6.45) is 2.43. The zero-order valence-corrected chi connectivity index (χ0v) is 12.2. The van der Waals surface area contributed by atoms with Crippen LogP contribution in [0.5, 0.6) is 0 Å². The summed E-state index contributed by atoms with van der Waals surface area (Å²) in [6, 6.07) is 7.46. The summed E-state index contributed by atoms with van der Waals surface area (Å²) in [6.45, 7) is 9.75. The highest BCUT2D eigenvalue weighted by Crippen LogP contribution is 2.22. The Bertz CT molecular complexity index is 400. The first-order chi connectivity index (χ1) is 9.01. The van der Waals surface area contributed by atoms with Gasteiger partial charge in [0, 0.05) is 31.2 Å². The molecule has 0 amide bonds. The molecule has 1 saturated heterocycles. The van der Waals surface area contributed by atoms with Crippen LogP contribution in [0.25, 0.3) is 0 Å². The average molecular weight is 264 g/mol. The molecule has 1 aliphatic heterocycles. The molecule has 2 nitrogen and oxygen atoms in total. The number of benzene rings is 1. The number of rotatable bonds is 4. The first kappa shape index (κ1) is 14.5. The molecule has 0 aromatic heterocycles. The van der Waals surface area contributed by atoms with Crippen LogP contribution in [0.3, 0.4) is 0 Å². The molecule has 0 saturated carbocycles. The highest BCUT2D eigenvalue weighted by Gasteiger charge is 2.33. The van der Waals surface area contributed by atoms with Crippen molar-refractivity contribution < 1.29 is 4.39 Å². The van der Waals surface area contributed by atoms with E-state index in [0.29, 0.717) is 6.04 Å². The Morgan fingerprint density at radius 1 is 1.32 bits per heavy atom. The number of piperazine rings is 1.